The van der Waals surface area contributed by atoms with Gasteiger partial charge in [-0.15, -0.1) is 0 Å². The number of nitrogens with one attached hydrogen (secondary N) is 1. The summed E-state index contributed by atoms with van der Waals surface area (Å²) in [7, 11) is 0. The smallest absolute Gasteiger partial charge is 0.323 e. The van der Waals surface area contributed by atoms with Crippen molar-refractivity contribution >= 4 is 49.5 Å². The zero-order valence-corrected chi connectivity index (χ0v) is 14.6. The number of amides is 2. The second-order valence-corrected chi connectivity index (χ2v) is 6.98. The quantitative estimate of drug-likeness (QED) is 0.797. The van der Waals surface area contributed by atoms with Crippen molar-refractivity contribution in [2.45, 2.75) is 26.3 Å². The summed E-state index contributed by atoms with van der Waals surface area (Å²) < 4.78 is 1.54. The minimum absolute atomic E-state index is 0.360. The molecule has 0 atom stereocenters. The van der Waals surface area contributed by atoms with Gasteiger partial charge in [-0.2, -0.15) is 0 Å². The second kappa shape index (κ2) is 6.58. The molecule has 7 heteroatoms. The van der Waals surface area contributed by atoms with Gasteiger partial charge in [-0.3, -0.25) is 4.79 Å². The van der Waals surface area contributed by atoms with Crippen LogP contribution in [0.2, 0.25) is 0 Å². The van der Waals surface area contributed by atoms with E-state index in [0.717, 1.165) is 8.95 Å². The SMILES string of the molecule is CC(C)(C)N(CC(=O)O)C(=O)Nc1cc(Br)ccc1Br. The van der Waals surface area contributed by atoms with E-state index in [2.05, 4.69) is 37.2 Å². The number of hydrogen-bond donors (Lipinski definition) is 2. The van der Waals surface area contributed by atoms with E-state index in [4.69, 9.17) is 5.11 Å². The highest BCUT2D eigenvalue weighted by Gasteiger charge is 2.28. The van der Waals surface area contributed by atoms with Gasteiger partial charge in [0.1, 0.15) is 6.54 Å². The van der Waals surface area contributed by atoms with E-state index in [1.165, 1.54) is 4.90 Å². The largest absolute Gasteiger partial charge is 0.480 e. The van der Waals surface area contributed by atoms with Gasteiger partial charge in [0.05, 0.1) is 5.69 Å². The molecule has 1 aromatic rings. The number of aliphatic carboxylic acids is 1. The molecule has 0 unspecified atom stereocenters. The minimum atomic E-state index is -1.05. The Bertz CT molecular complexity index is 527. The minimum Gasteiger partial charge on any atom is -0.480 e. The van der Waals surface area contributed by atoms with E-state index in [1.807, 2.05) is 6.07 Å². The molecule has 0 saturated carbocycles. The maximum Gasteiger partial charge on any atom is 0.323 e. The molecule has 0 saturated heterocycles. The molecule has 0 aliphatic rings. The first-order valence-electron chi connectivity index (χ1n) is 5.86. The number of urea groups is 1. The number of halogens is 2. The molecule has 0 fully saturated rings. The van der Waals surface area contributed by atoms with Crippen LogP contribution >= 0.6 is 31.9 Å². The summed E-state index contributed by atoms with van der Waals surface area (Å²) in [5.74, 6) is -1.05. The summed E-state index contributed by atoms with van der Waals surface area (Å²) >= 11 is 6.66. The highest BCUT2D eigenvalue weighted by atomic mass is 79.9. The van der Waals surface area contributed by atoms with E-state index < -0.39 is 17.5 Å². The molecule has 2 amide bonds. The van der Waals surface area contributed by atoms with E-state index in [1.54, 1.807) is 32.9 Å². The lowest BCUT2D eigenvalue weighted by Crippen LogP contribution is -2.50. The first kappa shape index (κ1) is 17.0. The lowest BCUT2D eigenvalue weighted by atomic mass is 10.1. The van der Waals surface area contributed by atoms with E-state index in [9.17, 15) is 9.59 Å². The van der Waals surface area contributed by atoms with Crippen molar-refractivity contribution in [2.75, 3.05) is 11.9 Å². The van der Waals surface area contributed by atoms with Crippen LogP contribution in [-0.2, 0) is 4.79 Å². The van der Waals surface area contributed by atoms with Gasteiger partial charge in [0.25, 0.3) is 0 Å². The molecule has 0 bridgehead atoms. The molecule has 0 radical (unpaired) electrons. The Balaban J connectivity index is 2.96. The predicted octanol–water partition coefficient (Wildman–Crippen LogP) is 3.93. The van der Waals surface area contributed by atoms with Gasteiger partial charge in [0, 0.05) is 14.5 Å². The Morgan fingerprint density at radius 1 is 1.30 bits per heavy atom. The average molecular weight is 408 g/mol. The molecule has 0 aliphatic carbocycles. The highest BCUT2D eigenvalue weighted by molar-refractivity contribution is 9.11. The summed E-state index contributed by atoms with van der Waals surface area (Å²) in [6, 6.07) is 4.90. The Kier molecular flexibility index (Phi) is 5.59. The molecular formula is C13H16Br2N2O3. The van der Waals surface area contributed by atoms with Crippen molar-refractivity contribution in [1.82, 2.24) is 4.90 Å². The Morgan fingerprint density at radius 3 is 2.40 bits per heavy atom. The number of benzene rings is 1. The van der Waals surface area contributed by atoms with Gasteiger partial charge in [-0.05, 0) is 54.9 Å². The molecule has 0 spiro atoms. The van der Waals surface area contributed by atoms with Crippen LogP contribution in [-0.4, -0.2) is 34.1 Å². The van der Waals surface area contributed by atoms with Crippen LogP contribution in [0, 0.1) is 0 Å². The van der Waals surface area contributed by atoms with Gasteiger partial charge < -0.3 is 15.3 Å². The fraction of sp³-hybridized carbons (Fsp3) is 0.385. The van der Waals surface area contributed by atoms with Crippen molar-refractivity contribution in [3.8, 4) is 0 Å². The molecule has 5 nitrogen and oxygen atoms in total. The van der Waals surface area contributed by atoms with E-state index in [-0.39, 0.29) is 6.54 Å². The molecule has 1 rings (SSSR count). The fourth-order valence-electron chi connectivity index (χ4n) is 1.52. The summed E-state index contributed by atoms with van der Waals surface area (Å²) in [5, 5.41) is 11.6. The van der Waals surface area contributed by atoms with Crippen LogP contribution < -0.4 is 5.32 Å². The van der Waals surface area contributed by atoms with Gasteiger partial charge in [-0.25, -0.2) is 4.79 Å². The van der Waals surface area contributed by atoms with Crippen LogP contribution in [0.4, 0.5) is 10.5 Å². The number of carbonyl (C=O) groups excluding carboxylic acids is 1. The van der Waals surface area contributed by atoms with Crippen LogP contribution in [0.15, 0.2) is 27.1 Å². The Labute approximate surface area is 134 Å². The van der Waals surface area contributed by atoms with E-state index in [0.29, 0.717) is 5.69 Å². The van der Waals surface area contributed by atoms with Gasteiger partial charge >= 0.3 is 12.0 Å². The molecule has 2 N–H and O–H groups in total. The number of carboxylic acids is 1. The van der Waals surface area contributed by atoms with Crippen molar-refractivity contribution < 1.29 is 14.7 Å². The van der Waals surface area contributed by atoms with Crippen LogP contribution in [0.25, 0.3) is 0 Å². The zero-order chi connectivity index (χ0) is 15.5. The third-order valence-electron chi connectivity index (χ3n) is 2.52. The lowest BCUT2D eigenvalue weighted by Gasteiger charge is -2.34. The number of carboxylic acid groups (broad SMARTS) is 1. The average Bonchev–Trinajstić information content (AvgIpc) is 2.29. The van der Waals surface area contributed by atoms with Crippen LogP contribution in [0.1, 0.15) is 20.8 Å². The number of nitrogens with zero attached hydrogens (tertiary/aromatic N) is 1. The molecule has 1 aromatic carbocycles. The maximum absolute atomic E-state index is 12.3. The standard InChI is InChI=1S/C13H16Br2N2O3/c1-13(2,3)17(7-11(18)19)12(20)16-10-6-8(14)4-5-9(10)15/h4-6H,7H2,1-3H3,(H,16,20)(H,18,19). The first-order chi connectivity index (χ1) is 9.11. The summed E-state index contributed by atoms with van der Waals surface area (Å²) in [5.41, 5.74) is -0.0231. The van der Waals surface area contributed by atoms with Gasteiger partial charge in [0.15, 0.2) is 0 Å². The fourth-order valence-corrected chi connectivity index (χ4v) is 2.23. The molecule has 0 aliphatic heterocycles. The van der Waals surface area contributed by atoms with Crippen molar-refractivity contribution in [1.29, 1.82) is 0 Å². The monoisotopic (exact) mass is 406 g/mol. The Morgan fingerprint density at radius 2 is 1.90 bits per heavy atom. The normalized spacial score (nSPS) is 11.1. The molecule has 20 heavy (non-hydrogen) atoms. The van der Waals surface area contributed by atoms with Crippen molar-refractivity contribution in [3.05, 3.63) is 27.1 Å². The van der Waals surface area contributed by atoms with Crippen LogP contribution in [0.5, 0.6) is 0 Å². The van der Waals surface area contributed by atoms with Crippen LogP contribution in [0.3, 0.4) is 0 Å². The van der Waals surface area contributed by atoms with Gasteiger partial charge in [0.2, 0.25) is 0 Å². The highest BCUT2D eigenvalue weighted by Crippen LogP contribution is 2.27. The summed E-state index contributed by atoms with van der Waals surface area (Å²) in [4.78, 5) is 24.4. The molecule has 0 heterocycles. The molecule has 110 valence electrons. The Hall–Kier alpha value is -1.08. The lowest BCUT2D eigenvalue weighted by molar-refractivity contribution is -0.138. The van der Waals surface area contributed by atoms with Crippen molar-refractivity contribution in [2.24, 2.45) is 0 Å². The topological polar surface area (TPSA) is 69.6 Å². The zero-order valence-electron chi connectivity index (χ0n) is 11.4. The van der Waals surface area contributed by atoms with E-state index >= 15 is 0 Å². The molecular weight excluding hydrogens is 392 g/mol. The number of rotatable bonds is 3. The van der Waals surface area contributed by atoms with Gasteiger partial charge in [-0.1, -0.05) is 15.9 Å². The number of carbonyl (C=O) groups is 2. The summed E-state index contributed by atoms with van der Waals surface area (Å²) in [6.45, 7) is 4.99. The number of anilines is 1. The second-order valence-electron chi connectivity index (χ2n) is 5.21. The predicted molar refractivity (Wildman–Crippen MR) is 85.0 cm³/mol. The third-order valence-corrected chi connectivity index (χ3v) is 3.70. The van der Waals surface area contributed by atoms with Crippen molar-refractivity contribution in [3.63, 3.8) is 0 Å². The maximum atomic E-state index is 12.3. The number of hydrogen-bond acceptors (Lipinski definition) is 2. The molecule has 0 aromatic heterocycles. The third kappa shape index (κ3) is 4.79. The summed E-state index contributed by atoms with van der Waals surface area (Å²) in [6.07, 6.45) is 0. The first-order valence-corrected chi connectivity index (χ1v) is 7.45.